The van der Waals surface area contributed by atoms with Crippen LogP contribution in [0.1, 0.15) is 52.4 Å². The number of hydrogen-bond donors (Lipinski definition) is 1. The van der Waals surface area contributed by atoms with Crippen LogP contribution < -0.4 is 10.2 Å². The van der Waals surface area contributed by atoms with E-state index in [0.717, 1.165) is 6.42 Å². The van der Waals surface area contributed by atoms with Crippen LogP contribution in [0, 0.1) is 0 Å². The van der Waals surface area contributed by atoms with Crippen molar-refractivity contribution in [3.8, 4) is 0 Å². The van der Waals surface area contributed by atoms with Gasteiger partial charge in [-0.1, -0.05) is 66.8 Å². The van der Waals surface area contributed by atoms with Crippen LogP contribution in [0.15, 0.2) is 52.8 Å². The van der Waals surface area contributed by atoms with E-state index in [1.165, 1.54) is 42.9 Å². The summed E-state index contributed by atoms with van der Waals surface area (Å²) in [7, 11) is -1.84. The molecular formula is C20H29NSi. The Balaban J connectivity index is 1.99. The average molecular weight is 312 g/mol. The van der Waals surface area contributed by atoms with Crippen LogP contribution in [-0.2, 0) is 0 Å². The molecule has 0 heterocycles. The van der Waals surface area contributed by atoms with Gasteiger partial charge in [-0.15, -0.1) is 0 Å². The van der Waals surface area contributed by atoms with Crippen molar-refractivity contribution in [1.82, 2.24) is 4.98 Å². The van der Waals surface area contributed by atoms with Gasteiger partial charge in [0.2, 0.25) is 0 Å². The van der Waals surface area contributed by atoms with Gasteiger partial charge in [-0.2, -0.15) is 0 Å². The van der Waals surface area contributed by atoms with Gasteiger partial charge in [0.25, 0.3) is 0 Å². The molecule has 0 radical (unpaired) electrons. The maximum Gasteiger partial charge on any atom is 0.187 e. The zero-order valence-corrected chi connectivity index (χ0v) is 15.3. The molecule has 1 saturated carbocycles. The SMILES string of the molecule is CC1=CCC(C)=C1[Si](C)(NC1CCCCC1)c1ccccc1. The Bertz CT molecular complexity index is 581. The van der Waals surface area contributed by atoms with Crippen molar-refractivity contribution >= 4 is 13.4 Å². The fraction of sp³-hybridized carbons (Fsp3) is 0.500. The monoisotopic (exact) mass is 311 g/mol. The highest BCUT2D eigenvalue weighted by Crippen LogP contribution is 2.33. The summed E-state index contributed by atoms with van der Waals surface area (Å²) in [5, 5.41) is 3.19. The molecule has 0 spiro atoms. The molecule has 0 aromatic heterocycles. The normalized spacial score (nSPS) is 22.6. The van der Waals surface area contributed by atoms with Crippen LogP contribution in [0.4, 0.5) is 0 Å². The minimum Gasteiger partial charge on any atom is -0.328 e. The summed E-state index contributed by atoms with van der Waals surface area (Å²) >= 11 is 0. The topological polar surface area (TPSA) is 12.0 Å². The molecule has 1 atom stereocenters. The second-order valence-electron chi connectivity index (χ2n) is 7.22. The van der Waals surface area contributed by atoms with Crippen LogP contribution >= 0.6 is 0 Å². The van der Waals surface area contributed by atoms with Gasteiger partial charge in [-0.3, -0.25) is 0 Å². The second-order valence-corrected chi connectivity index (χ2v) is 10.8. The van der Waals surface area contributed by atoms with Gasteiger partial charge in [-0.25, -0.2) is 0 Å². The summed E-state index contributed by atoms with van der Waals surface area (Å²) in [5.41, 5.74) is 3.10. The molecule has 118 valence electrons. The number of benzene rings is 1. The van der Waals surface area contributed by atoms with Crippen molar-refractivity contribution in [3.05, 3.63) is 52.8 Å². The minimum absolute atomic E-state index is 0.708. The first-order valence-electron chi connectivity index (χ1n) is 8.82. The third-order valence-corrected chi connectivity index (χ3v) is 9.78. The summed E-state index contributed by atoms with van der Waals surface area (Å²) in [4.78, 5) is 4.19. The highest BCUT2D eigenvalue weighted by atomic mass is 28.3. The summed E-state index contributed by atoms with van der Waals surface area (Å²) < 4.78 is 0. The molecule has 0 bridgehead atoms. The van der Waals surface area contributed by atoms with Crippen LogP contribution in [0.3, 0.4) is 0 Å². The van der Waals surface area contributed by atoms with E-state index < -0.39 is 8.24 Å². The summed E-state index contributed by atoms with van der Waals surface area (Å²) in [6, 6.07) is 11.9. The van der Waals surface area contributed by atoms with Crippen molar-refractivity contribution in [2.45, 2.75) is 65.0 Å². The zero-order chi connectivity index (χ0) is 15.6. The highest BCUT2D eigenvalue weighted by Gasteiger charge is 2.39. The van der Waals surface area contributed by atoms with Crippen molar-refractivity contribution < 1.29 is 0 Å². The number of nitrogens with one attached hydrogen (secondary N) is 1. The van der Waals surface area contributed by atoms with Crippen molar-refractivity contribution in [3.63, 3.8) is 0 Å². The first-order chi connectivity index (χ1) is 10.6. The fourth-order valence-electron chi connectivity index (χ4n) is 4.39. The fourth-order valence-corrected chi connectivity index (χ4v) is 8.80. The van der Waals surface area contributed by atoms with E-state index in [4.69, 9.17) is 0 Å². The average Bonchev–Trinajstić information content (AvgIpc) is 2.88. The smallest absolute Gasteiger partial charge is 0.187 e. The van der Waals surface area contributed by atoms with Crippen LogP contribution in [0.2, 0.25) is 6.55 Å². The minimum atomic E-state index is -1.84. The summed E-state index contributed by atoms with van der Waals surface area (Å²) in [6.07, 6.45) is 10.5. The van der Waals surface area contributed by atoms with E-state index in [9.17, 15) is 0 Å². The van der Waals surface area contributed by atoms with Gasteiger partial charge in [0, 0.05) is 6.04 Å². The molecule has 2 heteroatoms. The maximum atomic E-state index is 4.19. The Labute approximate surface area is 136 Å². The number of allylic oxidation sites excluding steroid dienone is 4. The van der Waals surface area contributed by atoms with Gasteiger partial charge in [0.1, 0.15) is 0 Å². The first kappa shape index (κ1) is 15.8. The van der Waals surface area contributed by atoms with E-state index in [2.05, 4.69) is 61.8 Å². The van der Waals surface area contributed by atoms with Gasteiger partial charge in [0.15, 0.2) is 8.24 Å². The van der Waals surface area contributed by atoms with Crippen LogP contribution in [-0.4, -0.2) is 14.3 Å². The Morgan fingerprint density at radius 1 is 1.00 bits per heavy atom. The predicted octanol–water partition coefficient (Wildman–Crippen LogP) is 4.60. The maximum absolute atomic E-state index is 4.19. The molecular weight excluding hydrogens is 282 g/mol. The standard InChI is InChI=1S/C20H29NSi/c1-16-14-15-17(2)20(16)22(3,19-12-8-5-9-13-19)21-18-10-6-4-7-11-18/h5,8-9,12-14,18,21H,4,6-7,10-11,15H2,1-3H3. The molecule has 1 unspecified atom stereocenters. The molecule has 1 fully saturated rings. The lowest BCUT2D eigenvalue weighted by Crippen LogP contribution is -2.63. The van der Waals surface area contributed by atoms with E-state index in [-0.39, 0.29) is 0 Å². The van der Waals surface area contributed by atoms with Crippen molar-refractivity contribution in [1.29, 1.82) is 0 Å². The van der Waals surface area contributed by atoms with E-state index in [0.29, 0.717) is 6.04 Å². The number of rotatable bonds is 4. The molecule has 2 aliphatic rings. The Hall–Kier alpha value is -1.12. The lowest BCUT2D eigenvalue weighted by molar-refractivity contribution is 0.415. The molecule has 2 aliphatic carbocycles. The molecule has 3 rings (SSSR count). The van der Waals surface area contributed by atoms with Gasteiger partial charge >= 0.3 is 0 Å². The predicted molar refractivity (Wildman–Crippen MR) is 98.8 cm³/mol. The second kappa shape index (κ2) is 6.55. The van der Waals surface area contributed by atoms with E-state index >= 15 is 0 Å². The molecule has 1 nitrogen and oxygen atoms in total. The summed E-state index contributed by atoms with van der Waals surface area (Å²) in [5.74, 6) is 0. The van der Waals surface area contributed by atoms with Gasteiger partial charge in [-0.05, 0) is 50.0 Å². The Kier molecular flexibility index (Phi) is 4.69. The molecule has 1 aromatic carbocycles. The third-order valence-electron chi connectivity index (χ3n) is 5.48. The van der Waals surface area contributed by atoms with Gasteiger partial charge < -0.3 is 4.98 Å². The zero-order valence-electron chi connectivity index (χ0n) is 14.3. The quantitative estimate of drug-likeness (QED) is 0.802. The van der Waals surface area contributed by atoms with Crippen LogP contribution in [0.25, 0.3) is 0 Å². The molecule has 0 aliphatic heterocycles. The highest BCUT2D eigenvalue weighted by molar-refractivity contribution is 6.95. The summed E-state index contributed by atoms with van der Waals surface area (Å²) in [6.45, 7) is 7.17. The van der Waals surface area contributed by atoms with E-state index in [1.807, 2.05) is 0 Å². The van der Waals surface area contributed by atoms with Gasteiger partial charge in [0.05, 0.1) is 0 Å². The molecule has 0 saturated heterocycles. The van der Waals surface area contributed by atoms with Crippen LogP contribution in [0.5, 0.6) is 0 Å². The van der Waals surface area contributed by atoms with Crippen molar-refractivity contribution in [2.24, 2.45) is 0 Å². The first-order valence-corrected chi connectivity index (χ1v) is 11.3. The molecule has 0 amide bonds. The largest absolute Gasteiger partial charge is 0.328 e. The van der Waals surface area contributed by atoms with E-state index in [1.54, 1.807) is 10.8 Å². The molecule has 22 heavy (non-hydrogen) atoms. The Morgan fingerprint density at radius 3 is 2.27 bits per heavy atom. The molecule has 1 N–H and O–H groups in total. The van der Waals surface area contributed by atoms with Crippen molar-refractivity contribution in [2.75, 3.05) is 0 Å². The lowest BCUT2D eigenvalue weighted by Gasteiger charge is -2.38. The third kappa shape index (κ3) is 3.00. The lowest BCUT2D eigenvalue weighted by atomic mass is 9.96. The number of hydrogen-bond acceptors (Lipinski definition) is 1. The Morgan fingerprint density at radius 2 is 1.68 bits per heavy atom. The molecule has 1 aromatic rings.